The fourth-order valence-electron chi connectivity index (χ4n) is 4.14. The molecular weight excluding hydrogens is 440 g/mol. The molecule has 2 fully saturated rings. The zero-order valence-corrected chi connectivity index (χ0v) is 20.0. The first kappa shape index (κ1) is 23.5. The van der Waals surface area contributed by atoms with Gasteiger partial charge in [-0.15, -0.1) is 0 Å². The highest BCUT2D eigenvalue weighted by Crippen LogP contribution is 2.28. The zero-order chi connectivity index (χ0) is 23.4. The van der Waals surface area contributed by atoms with Crippen LogP contribution in [0, 0.1) is 0 Å². The molecule has 8 nitrogen and oxygen atoms in total. The smallest absolute Gasteiger partial charge is 0.261 e. The van der Waals surface area contributed by atoms with Crippen molar-refractivity contribution in [3.63, 3.8) is 0 Å². The number of rotatable bonds is 6. The maximum Gasteiger partial charge on any atom is 0.261 e. The van der Waals surface area contributed by atoms with Crippen LogP contribution in [0.1, 0.15) is 35.7 Å². The summed E-state index contributed by atoms with van der Waals surface area (Å²) in [5.41, 5.74) is 2.79. The molecule has 0 aromatic heterocycles. The summed E-state index contributed by atoms with van der Waals surface area (Å²) >= 11 is 0. The molecule has 0 unspecified atom stereocenters. The summed E-state index contributed by atoms with van der Waals surface area (Å²) in [6.45, 7) is 9.45. The SMILES string of the molecule is CC(C)c1ccc(S(=O)(=O)Nc2ccc(N3CCNCC3)c(C(=O)N3CCOCC3)c2)cc1. The molecule has 2 aromatic carbocycles. The molecule has 2 heterocycles. The number of sulfonamides is 1. The fourth-order valence-corrected chi connectivity index (χ4v) is 5.18. The molecule has 0 bridgehead atoms. The van der Waals surface area contributed by atoms with E-state index in [0.29, 0.717) is 43.5 Å². The topological polar surface area (TPSA) is 91.0 Å². The lowest BCUT2D eigenvalue weighted by Gasteiger charge is -2.33. The van der Waals surface area contributed by atoms with Crippen LogP contribution in [-0.4, -0.2) is 71.7 Å². The summed E-state index contributed by atoms with van der Waals surface area (Å²) in [6, 6.07) is 12.1. The molecule has 2 aliphatic heterocycles. The van der Waals surface area contributed by atoms with Gasteiger partial charge >= 0.3 is 0 Å². The van der Waals surface area contributed by atoms with Crippen LogP contribution >= 0.6 is 0 Å². The number of piperazine rings is 1. The van der Waals surface area contributed by atoms with E-state index in [-0.39, 0.29) is 10.8 Å². The van der Waals surface area contributed by atoms with Crippen LogP contribution in [0.3, 0.4) is 0 Å². The lowest BCUT2D eigenvalue weighted by atomic mass is 10.0. The highest BCUT2D eigenvalue weighted by atomic mass is 32.2. The van der Waals surface area contributed by atoms with Crippen molar-refractivity contribution in [2.45, 2.75) is 24.7 Å². The number of ether oxygens (including phenoxy) is 1. The van der Waals surface area contributed by atoms with Gasteiger partial charge in [0.2, 0.25) is 0 Å². The predicted octanol–water partition coefficient (Wildman–Crippen LogP) is 2.49. The third kappa shape index (κ3) is 5.48. The predicted molar refractivity (Wildman–Crippen MR) is 130 cm³/mol. The number of nitrogens with one attached hydrogen (secondary N) is 2. The number of hydrogen-bond acceptors (Lipinski definition) is 6. The van der Waals surface area contributed by atoms with E-state index >= 15 is 0 Å². The number of nitrogens with zero attached hydrogens (tertiary/aromatic N) is 2. The molecule has 9 heteroatoms. The molecule has 4 rings (SSSR count). The van der Waals surface area contributed by atoms with Gasteiger partial charge in [0.05, 0.1) is 23.7 Å². The normalized spacial score (nSPS) is 17.3. The highest BCUT2D eigenvalue weighted by molar-refractivity contribution is 7.92. The molecule has 0 radical (unpaired) electrons. The van der Waals surface area contributed by atoms with E-state index in [9.17, 15) is 13.2 Å². The van der Waals surface area contributed by atoms with Gasteiger partial charge in [0.15, 0.2) is 0 Å². The van der Waals surface area contributed by atoms with Crippen molar-refractivity contribution in [1.82, 2.24) is 10.2 Å². The summed E-state index contributed by atoms with van der Waals surface area (Å²) in [4.78, 5) is 17.5. The van der Waals surface area contributed by atoms with Gasteiger partial charge in [0.1, 0.15) is 0 Å². The number of anilines is 2. The van der Waals surface area contributed by atoms with Gasteiger partial charge in [0, 0.05) is 50.6 Å². The van der Waals surface area contributed by atoms with Crippen molar-refractivity contribution >= 4 is 27.3 Å². The lowest BCUT2D eigenvalue weighted by Crippen LogP contribution is -2.45. The van der Waals surface area contributed by atoms with Crippen LogP contribution in [0.4, 0.5) is 11.4 Å². The summed E-state index contributed by atoms with van der Waals surface area (Å²) in [5.74, 6) is 0.218. The van der Waals surface area contributed by atoms with Gasteiger partial charge in [0.25, 0.3) is 15.9 Å². The van der Waals surface area contributed by atoms with Crippen molar-refractivity contribution in [3.8, 4) is 0 Å². The summed E-state index contributed by atoms with van der Waals surface area (Å²) in [5, 5.41) is 3.32. The van der Waals surface area contributed by atoms with Gasteiger partial charge < -0.3 is 19.9 Å². The van der Waals surface area contributed by atoms with E-state index in [4.69, 9.17) is 4.74 Å². The quantitative estimate of drug-likeness (QED) is 0.671. The second-order valence-corrected chi connectivity index (χ2v) is 10.4. The van der Waals surface area contributed by atoms with E-state index in [1.165, 1.54) is 0 Å². The molecule has 0 aliphatic carbocycles. The third-order valence-electron chi connectivity index (χ3n) is 6.09. The van der Waals surface area contributed by atoms with Crippen molar-refractivity contribution in [3.05, 3.63) is 53.6 Å². The van der Waals surface area contributed by atoms with Crippen molar-refractivity contribution in [2.24, 2.45) is 0 Å². The fraction of sp³-hybridized carbons (Fsp3) is 0.458. The standard InChI is InChI=1S/C24H32N4O4S/c1-18(2)19-3-6-21(7-4-19)33(30,31)26-20-5-8-23(27-11-9-25-10-12-27)22(17-20)24(29)28-13-15-32-16-14-28/h3-8,17-18,25-26H,9-16H2,1-2H3. The lowest BCUT2D eigenvalue weighted by molar-refractivity contribution is 0.0303. The second-order valence-electron chi connectivity index (χ2n) is 8.70. The van der Waals surface area contributed by atoms with Crippen molar-refractivity contribution in [1.29, 1.82) is 0 Å². The summed E-state index contributed by atoms with van der Waals surface area (Å²) < 4.78 is 34.1. The summed E-state index contributed by atoms with van der Waals surface area (Å²) in [6.07, 6.45) is 0. The Bertz CT molecular complexity index is 1070. The van der Waals surface area contributed by atoms with E-state index in [0.717, 1.165) is 37.4 Å². The second kappa shape index (κ2) is 10.1. The molecule has 2 saturated heterocycles. The Morgan fingerprint density at radius 3 is 2.30 bits per heavy atom. The number of hydrogen-bond donors (Lipinski definition) is 2. The van der Waals surface area contributed by atoms with Crippen LogP contribution in [-0.2, 0) is 14.8 Å². The first-order valence-electron chi connectivity index (χ1n) is 11.4. The maximum absolute atomic E-state index is 13.4. The number of benzene rings is 2. The molecule has 178 valence electrons. The molecule has 0 atom stereocenters. The Hall–Kier alpha value is -2.62. The van der Waals surface area contributed by atoms with Gasteiger partial charge in [-0.3, -0.25) is 9.52 Å². The molecule has 2 aliphatic rings. The van der Waals surface area contributed by atoms with E-state index in [1.54, 1.807) is 29.2 Å². The molecule has 0 spiro atoms. The van der Waals surface area contributed by atoms with Gasteiger partial charge in [-0.25, -0.2) is 8.42 Å². The Kier molecular flexibility index (Phi) is 7.21. The van der Waals surface area contributed by atoms with E-state index in [1.807, 2.05) is 18.2 Å². The Labute approximate surface area is 196 Å². The minimum atomic E-state index is -3.78. The van der Waals surface area contributed by atoms with Crippen LogP contribution in [0.25, 0.3) is 0 Å². The first-order valence-corrected chi connectivity index (χ1v) is 12.9. The van der Waals surface area contributed by atoms with Crippen LogP contribution in [0.15, 0.2) is 47.4 Å². The van der Waals surface area contributed by atoms with Gasteiger partial charge in [-0.2, -0.15) is 0 Å². The molecule has 2 aromatic rings. The maximum atomic E-state index is 13.4. The van der Waals surface area contributed by atoms with Crippen molar-refractivity contribution in [2.75, 3.05) is 62.1 Å². The number of carbonyl (C=O) groups excluding carboxylic acids is 1. The largest absolute Gasteiger partial charge is 0.378 e. The average Bonchev–Trinajstić information content (AvgIpc) is 2.84. The number of amides is 1. The molecule has 33 heavy (non-hydrogen) atoms. The van der Waals surface area contributed by atoms with Crippen LogP contribution < -0.4 is 14.9 Å². The van der Waals surface area contributed by atoms with Gasteiger partial charge in [-0.05, 0) is 41.8 Å². The number of carbonyl (C=O) groups is 1. The van der Waals surface area contributed by atoms with E-state index in [2.05, 4.69) is 28.8 Å². The molecule has 0 saturated carbocycles. The van der Waals surface area contributed by atoms with Crippen molar-refractivity contribution < 1.29 is 17.9 Å². The minimum Gasteiger partial charge on any atom is -0.378 e. The average molecular weight is 473 g/mol. The number of morpholine rings is 1. The molecular formula is C24H32N4O4S. The van der Waals surface area contributed by atoms with Gasteiger partial charge in [-0.1, -0.05) is 26.0 Å². The summed E-state index contributed by atoms with van der Waals surface area (Å²) in [7, 11) is -3.78. The molecule has 2 N–H and O–H groups in total. The van der Waals surface area contributed by atoms with Crippen LogP contribution in [0.2, 0.25) is 0 Å². The zero-order valence-electron chi connectivity index (χ0n) is 19.2. The molecule has 1 amide bonds. The van der Waals surface area contributed by atoms with E-state index < -0.39 is 10.0 Å². The Balaban J connectivity index is 1.63. The monoisotopic (exact) mass is 472 g/mol. The Morgan fingerprint density at radius 1 is 1.00 bits per heavy atom. The third-order valence-corrected chi connectivity index (χ3v) is 7.49. The minimum absolute atomic E-state index is 0.103. The highest BCUT2D eigenvalue weighted by Gasteiger charge is 2.25. The first-order chi connectivity index (χ1) is 15.8. The van der Waals surface area contributed by atoms with Crippen LogP contribution in [0.5, 0.6) is 0 Å². The Morgan fingerprint density at radius 2 is 1.67 bits per heavy atom.